The van der Waals surface area contributed by atoms with Gasteiger partial charge in [-0.25, -0.2) is 0 Å². The molecule has 2 rings (SSSR count). The van der Waals surface area contributed by atoms with Crippen LogP contribution in [0.4, 0.5) is 0 Å². The van der Waals surface area contributed by atoms with E-state index < -0.39 is 0 Å². The van der Waals surface area contributed by atoms with E-state index in [1.54, 1.807) is 0 Å². The van der Waals surface area contributed by atoms with Gasteiger partial charge in [0.05, 0.1) is 18.8 Å². The Morgan fingerprint density at radius 3 is 2.80 bits per heavy atom. The van der Waals surface area contributed by atoms with Crippen molar-refractivity contribution in [1.82, 2.24) is 4.90 Å². The fourth-order valence-corrected chi connectivity index (χ4v) is 3.63. The Balaban J connectivity index is 1.91. The number of ether oxygens (including phenoxy) is 1. The van der Waals surface area contributed by atoms with Gasteiger partial charge in [0.15, 0.2) is 0 Å². The maximum Gasteiger partial charge on any atom is 0.137 e. The second-order valence-corrected chi connectivity index (χ2v) is 6.91. The van der Waals surface area contributed by atoms with Crippen LogP contribution in [0.3, 0.4) is 0 Å². The van der Waals surface area contributed by atoms with Crippen LogP contribution in [0.15, 0.2) is 0 Å². The minimum Gasteiger partial charge on any atom is -0.394 e. The van der Waals surface area contributed by atoms with E-state index in [1.807, 2.05) is 6.92 Å². The molecular formula is C16H29NO3. The maximum atomic E-state index is 12.2. The molecule has 0 aromatic carbocycles. The van der Waals surface area contributed by atoms with Gasteiger partial charge in [0, 0.05) is 32.0 Å². The van der Waals surface area contributed by atoms with Gasteiger partial charge < -0.3 is 9.84 Å². The number of hydrogen-bond acceptors (Lipinski definition) is 4. The first kappa shape index (κ1) is 15.9. The number of hydrogen-bond donors (Lipinski definition) is 1. The first-order valence-corrected chi connectivity index (χ1v) is 8.01. The third-order valence-corrected chi connectivity index (χ3v) is 4.83. The van der Waals surface area contributed by atoms with Crippen LogP contribution in [-0.4, -0.2) is 54.2 Å². The summed E-state index contributed by atoms with van der Waals surface area (Å²) in [6.45, 7) is 9.07. The van der Waals surface area contributed by atoms with Gasteiger partial charge in [0.2, 0.25) is 0 Å². The molecule has 0 radical (unpaired) electrons. The second kappa shape index (κ2) is 7.01. The summed E-state index contributed by atoms with van der Waals surface area (Å²) in [6, 6.07) is 0. The highest BCUT2D eigenvalue weighted by Crippen LogP contribution is 2.32. The van der Waals surface area contributed by atoms with Gasteiger partial charge in [-0.1, -0.05) is 13.8 Å². The van der Waals surface area contributed by atoms with E-state index >= 15 is 0 Å². The van der Waals surface area contributed by atoms with Crippen LogP contribution < -0.4 is 0 Å². The summed E-state index contributed by atoms with van der Waals surface area (Å²) >= 11 is 0. The molecule has 4 nitrogen and oxygen atoms in total. The summed E-state index contributed by atoms with van der Waals surface area (Å²) in [5.41, 5.74) is 0. The fraction of sp³-hybridized carbons (Fsp3) is 0.938. The van der Waals surface area contributed by atoms with Crippen molar-refractivity contribution in [3.05, 3.63) is 0 Å². The van der Waals surface area contributed by atoms with Crippen molar-refractivity contribution in [2.45, 2.75) is 52.2 Å². The average molecular weight is 283 g/mol. The number of rotatable bonds is 4. The molecule has 116 valence electrons. The quantitative estimate of drug-likeness (QED) is 0.853. The normalized spacial score (nSPS) is 36.5. The van der Waals surface area contributed by atoms with Crippen molar-refractivity contribution in [3.8, 4) is 0 Å². The minimum absolute atomic E-state index is 0.0636. The topological polar surface area (TPSA) is 49.8 Å². The van der Waals surface area contributed by atoms with E-state index in [-0.39, 0.29) is 24.7 Å². The molecule has 4 heteroatoms. The first-order chi connectivity index (χ1) is 9.49. The standard InChI is InChI=1S/C16H29NO3/c1-11(2)13-4-5-16(19)14(6-13)8-17-7-12(3)20-15(9-17)10-18/h11-15,18H,4-10H2,1-3H3. The third kappa shape index (κ3) is 4.03. The van der Waals surface area contributed by atoms with Crippen molar-refractivity contribution in [2.75, 3.05) is 26.2 Å². The molecule has 1 heterocycles. The lowest BCUT2D eigenvalue weighted by Crippen LogP contribution is -2.50. The highest BCUT2D eigenvalue weighted by atomic mass is 16.5. The largest absolute Gasteiger partial charge is 0.394 e. The third-order valence-electron chi connectivity index (χ3n) is 4.83. The molecule has 2 fully saturated rings. The monoisotopic (exact) mass is 283 g/mol. The highest BCUT2D eigenvalue weighted by Gasteiger charge is 2.33. The van der Waals surface area contributed by atoms with Gasteiger partial charge in [-0.05, 0) is 31.6 Å². The van der Waals surface area contributed by atoms with Gasteiger partial charge in [0.1, 0.15) is 5.78 Å². The van der Waals surface area contributed by atoms with Crippen molar-refractivity contribution >= 4 is 5.78 Å². The minimum atomic E-state index is -0.0988. The predicted molar refractivity (Wildman–Crippen MR) is 78.5 cm³/mol. The van der Waals surface area contributed by atoms with E-state index in [0.29, 0.717) is 17.6 Å². The molecule has 0 aromatic rings. The number of aliphatic hydroxyl groups excluding tert-OH is 1. The lowest BCUT2D eigenvalue weighted by atomic mass is 9.75. The van der Waals surface area contributed by atoms with Crippen molar-refractivity contribution < 1.29 is 14.6 Å². The number of aliphatic hydroxyl groups is 1. The molecule has 20 heavy (non-hydrogen) atoms. The Bertz CT molecular complexity index is 332. The summed E-state index contributed by atoms with van der Waals surface area (Å²) < 4.78 is 5.66. The van der Waals surface area contributed by atoms with E-state index in [0.717, 1.165) is 38.9 Å². The number of Topliss-reactive ketones (excluding diaryl/α,β-unsaturated/α-hetero) is 1. The first-order valence-electron chi connectivity index (χ1n) is 8.01. The van der Waals surface area contributed by atoms with Crippen LogP contribution in [-0.2, 0) is 9.53 Å². The van der Waals surface area contributed by atoms with E-state index in [1.165, 1.54) is 0 Å². The summed E-state index contributed by atoms with van der Waals surface area (Å²) in [4.78, 5) is 14.5. The van der Waals surface area contributed by atoms with Crippen molar-refractivity contribution in [3.63, 3.8) is 0 Å². The average Bonchev–Trinajstić information content (AvgIpc) is 2.40. The van der Waals surface area contributed by atoms with Gasteiger partial charge >= 0.3 is 0 Å². The molecular weight excluding hydrogens is 254 g/mol. The molecule has 0 aromatic heterocycles. The molecule has 2 aliphatic rings. The smallest absolute Gasteiger partial charge is 0.137 e. The molecule has 0 bridgehead atoms. The molecule has 0 spiro atoms. The van der Waals surface area contributed by atoms with E-state index in [9.17, 15) is 9.90 Å². The van der Waals surface area contributed by atoms with Crippen LogP contribution in [0.1, 0.15) is 40.0 Å². The fourth-order valence-electron chi connectivity index (χ4n) is 3.63. The number of carbonyl (C=O) groups excluding carboxylic acids is 1. The zero-order chi connectivity index (χ0) is 14.7. The zero-order valence-electron chi connectivity index (χ0n) is 13.0. The molecule has 1 aliphatic carbocycles. The number of ketones is 1. The van der Waals surface area contributed by atoms with Crippen molar-refractivity contribution in [2.24, 2.45) is 17.8 Å². The SMILES string of the molecule is CC1CN(CC2CC(C(C)C)CCC2=O)CC(CO)O1. The highest BCUT2D eigenvalue weighted by molar-refractivity contribution is 5.82. The maximum absolute atomic E-state index is 12.2. The molecule has 4 unspecified atom stereocenters. The van der Waals surface area contributed by atoms with Crippen molar-refractivity contribution in [1.29, 1.82) is 0 Å². The van der Waals surface area contributed by atoms with Crippen LogP contribution >= 0.6 is 0 Å². The molecule has 4 atom stereocenters. The van der Waals surface area contributed by atoms with E-state index in [4.69, 9.17) is 4.74 Å². The Hall–Kier alpha value is -0.450. The molecule has 1 saturated heterocycles. The van der Waals surface area contributed by atoms with Gasteiger partial charge in [-0.3, -0.25) is 9.69 Å². The Morgan fingerprint density at radius 1 is 1.40 bits per heavy atom. The predicted octanol–water partition coefficient (Wildman–Crippen LogP) is 1.71. The lowest BCUT2D eigenvalue weighted by molar-refractivity contribution is -0.130. The number of nitrogens with zero attached hydrogens (tertiary/aromatic N) is 1. The van der Waals surface area contributed by atoms with Gasteiger partial charge in [0.25, 0.3) is 0 Å². The Labute approximate surface area is 122 Å². The van der Waals surface area contributed by atoms with Gasteiger partial charge in [-0.15, -0.1) is 0 Å². The van der Waals surface area contributed by atoms with Crippen LogP contribution in [0.2, 0.25) is 0 Å². The molecule has 1 N–H and O–H groups in total. The lowest BCUT2D eigenvalue weighted by Gasteiger charge is -2.39. The molecule has 1 saturated carbocycles. The van der Waals surface area contributed by atoms with Gasteiger partial charge in [-0.2, -0.15) is 0 Å². The summed E-state index contributed by atoms with van der Waals surface area (Å²) in [6.07, 6.45) is 2.88. The summed E-state index contributed by atoms with van der Waals surface area (Å²) in [5, 5.41) is 9.28. The van der Waals surface area contributed by atoms with Crippen LogP contribution in [0.5, 0.6) is 0 Å². The Morgan fingerprint density at radius 2 is 2.15 bits per heavy atom. The zero-order valence-corrected chi connectivity index (χ0v) is 13.0. The number of morpholine rings is 1. The van der Waals surface area contributed by atoms with Crippen LogP contribution in [0.25, 0.3) is 0 Å². The number of carbonyl (C=O) groups is 1. The molecule has 0 amide bonds. The second-order valence-electron chi connectivity index (χ2n) is 6.91. The molecule has 1 aliphatic heterocycles. The summed E-state index contributed by atoms with van der Waals surface area (Å²) in [5.74, 6) is 1.96. The van der Waals surface area contributed by atoms with Crippen LogP contribution in [0, 0.1) is 17.8 Å². The summed E-state index contributed by atoms with van der Waals surface area (Å²) in [7, 11) is 0. The Kier molecular flexibility index (Phi) is 5.58. The van der Waals surface area contributed by atoms with E-state index in [2.05, 4.69) is 18.7 Å².